The molecule has 0 atom stereocenters. The first-order valence-electron chi connectivity index (χ1n) is 7.97. The van der Waals surface area contributed by atoms with Crippen LogP contribution in [0, 0.1) is 19.7 Å². The fraction of sp³-hybridized carbons (Fsp3) is 0.235. The summed E-state index contributed by atoms with van der Waals surface area (Å²) in [7, 11) is 0. The Kier molecular flexibility index (Phi) is 4.64. The van der Waals surface area contributed by atoms with Crippen molar-refractivity contribution in [1.82, 2.24) is 29.8 Å². The zero-order valence-electron chi connectivity index (χ0n) is 14.2. The summed E-state index contributed by atoms with van der Waals surface area (Å²) in [4.78, 5) is 9.55. The summed E-state index contributed by atoms with van der Waals surface area (Å²) >= 11 is 3.01. The maximum Gasteiger partial charge on any atom is 0.234 e. The lowest BCUT2D eigenvalue weighted by atomic mass is 10.1. The van der Waals surface area contributed by atoms with Gasteiger partial charge in [0.1, 0.15) is 10.8 Å². The molecule has 0 saturated heterocycles. The van der Waals surface area contributed by atoms with Crippen LogP contribution in [0.15, 0.2) is 35.5 Å². The van der Waals surface area contributed by atoms with E-state index >= 15 is 0 Å². The first kappa shape index (κ1) is 17.0. The SMILES string of the molecule is Cc1cc(C)nc(SCc2nn3c(Cc4ccccc4F)nnc3s2)n1. The third-order valence-electron chi connectivity index (χ3n) is 3.69. The molecular weight excluding hydrogens is 371 g/mol. The molecular formula is C17H15FN6S2. The third-order valence-corrected chi connectivity index (χ3v) is 5.63. The minimum atomic E-state index is -0.248. The Bertz CT molecular complexity index is 1050. The number of aryl methyl sites for hydroxylation is 2. The highest BCUT2D eigenvalue weighted by molar-refractivity contribution is 7.98. The number of hydrogen-bond acceptors (Lipinski definition) is 7. The molecule has 0 aliphatic heterocycles. The molecule has 4 rings (SSSR count). The topological polar surface area (TPSA) is 68.9 Å². The van der Waals surface area contributed by atoms with Crippen molar-refractivity contribution in [2.24, 2.45) is 0 Å². The molecule has 0 amide bonds. The van der Waals surface area contributed by atoms with Gasteiger partial charge in [0.05, 0.1) is 5.75 Å². The van der Waals surface area contributed by atoms with E-state index in [1.807, 2.05) is 26.0 Å². The predicted molar refractivity (Wildman–Crippen MR) is 98.9 cm³/mol. The maximum absolute atomic E-state index is 13.9. The number of hydrogen-bond donors (Lipinski definition) is 0. The highest BCUT2D eigenvalue weighted by Gasteiger charge is 2.14. The second-order valence-corrected chi connectivity index (χ2v) is 7.78. The van der Waals surface area contributed by atoms with Crippen LogP contribution in [-0.2, 0) is 12.2 Å². The molecule has 0 aliphatic carbocycles. The van der Waals surface area contributed by atoms with Crippen molar-refractivity contribution in [3.63, 3.8) is 0 Å². The van der Waals surface area contributed by atoms with Gasteiger partial charge in [-0.3, -0.25) is 0 Å². The summed E-state index contributed by atoms with van der Waals surface area (Å²) in [6.07, 6.45) is 0.352. The molecule has 9 heteroatoms. The van der Waals surface area contributed by atoms with Gasteiger partial charge in [-0.15, -0.1) is 10.2 Å². The molecule has 0 saturated carbocycles. The Hall–Kier alpha value is -2.39. The van der Waals surface area contributed by atoms with Crippen LogP contribution >= 0.6 is 23.1 Å². The van der Waals surface area contributed by atoms with E-state index < -0.39 is 0 Å². The summed E-state index contributed by atoms with van der Waals surface area (Å²) in [5.74, 6) is 1.03. The Labute approximate surface area is 157 Å². The van der Waals surface area contributed by atoms with Crippen LogP contribution in [0.2, 0.25) is 0 Å². The van der Waals surface area contributed by atoms with Crippen molar-refractivity contribution in [3.05, 3.63) is 63.9 Å². The number of halogens is 1. The highest BCUT2D eigenvalue weighted by Crippen LogP contribution is 2.24. The van der Waals surface area contributed by atoms with Crippen molar-refractivity contribution in [2.45, 2.75) is 31.2 Å². The zero-order valence-corrected chi connectivity index (χ0v) is 15.8. The largest absolute Gasteiger partial charge is 0.234 e. The summed E-state index contributed by atoms with van der Waals surface area (Å²) in [6, 6.07) is 8.62. The molecule has 0 unspecified atom stereocenters. The molecule has 0 N–H and O–H groups in total. The van der Waals surface area contributed by atoms with E-state index in [2.05, 4.69) is 25.3 Å². The van der Waals surface area contributed by atoms with E-state index in [0.29, 0.717) is 28.5 Å². The van der Waals surface area contributed by atoms with Gasteiger partial charge in [0.15, 0.2) is 11.0 Å². The smallest absolute Gasteiger partial charge is 0.228 e. The fourth-order valence-electron chi connectivity index (χ4n) is 2.56. The minimum absolute atomic E-state index is 0.248. The lowest BCUT2D eigenvalue weighted by Gasteiger charge is -2.01. The van der Waals surface area contributed by atoms with Gasteiger partial charge in [0, 0.05) is 17.8 Å². The molecule has 4 aromatic rings. The first-order chi connectivity index (χ1) is 12.6. The summed E-state index contributed by atoms with van der Waals surface area (Å²) in [5.41, 5.74) is 2.48. The third kappa shape index (κ3) is 3.58. The average Bonchev–Trinajstić information content (AvgIpc) is 3.16. The second-order valence-electron chi connectivity index (χ2n) is 5.80. The van der Waals surface area contributed by atoms with Gasteiger partial charge < -0.3 is 0 Å². The molecule has 0 bridgehead atoms. The Morgan fingerprint density at radius 1 is 1.12 bits per heavy atom. The maximum atomic E-state index is 13.9. The second kappa shape index (κ2) is 7.08. The Morgan fingerprint density at radius 3 is 2.65 bits per heavy atom. The van der Waals surface area contributed by atoms with Crippen molar-refractivity contribution < 1.29 is 4.39 Å². The van der Waals surface area contributed by atoms with Gasteiger partial charge in [0.25, 0.3) is 0 Å². The molecule has 0 spiro atoms. The van der Waals surface area contributed by atoms with Gasteiger partial charge in [0.2, 0.25) is 4.96 Å². The lowest BCUT2D eigenvalue weighted by molar-refractivity contribution is 0.611. The van der Waals surface area contributed by atoms with E-state index in [9.17, 15) is 4.39 Å². The zero-order chi connectivity index (χ0) is 18.1. The quantitative estimate of drug-likeness (QED) is 0.385. The van der Waals surface area contributed by atoms with Crippen LogP contribution in [0.5, 0.6) is 0 Å². The molecule has 0 aliphatic rings. The standard InChI is InChI=1S/C17H15FN6S2/c1-10-7-11(2)20-16(19-10)25-9-15-23-24-14(21-22-17(24)26-15)8-12-5-3-4-6-13(12)18/h3-7H,8-9H2,1-2H3. The minimum Gasteiger partial charge on any atom is -0.228 e. The summed E-state index contributed by atoms with van der Waals surface area (Å²) < 4.78 is 15.6. The number of fused-ring (bicyclic) bond motifs is 1. The van der Waals surface area contributed by atoms with E-state index in [-0.39, 0.29) is 5.82 Å². The van der Waals surface area contributed by atoms with E-state index in [1.54, 1.807) is 16.6 Å². The van der Waals surface area contributed by atoms with Gasteiger partial charge in [-0.05, 0) is 31.5 Å². The lowest BCUT2D eigenvalue weighted by Crippen LogP contribution is -2.00. The van der Waals surface area contributed by atoms with E-state index in [4.69, 9.17) is 0 Å². The van der Waals surface area contributed by atoms with Crippen LogP contribution in [0.1, 0.15) is 27.8 Å². The predicted octanol–water partition coefficient (Wildman–Crippen LogP) is 3.61. The van der Waals surface area contributed by atoms with Crippen LogP contribution in [0.4, 0.5) is 4.39 Å². The molecule has 0 fully saturated rings. The van der Waals surface area contributed by atoms with Crippen LogP contribution in [-0.4, -0.2) is 29.8 Å². The van der Waals surface area contributed by atoms with Crippen LogP contribution in [0.3, 0.4) is 0 Å². The molecule has 6 nitrogen and oxygen atoms in total. The van der Waals surface area contributed by atoms with Crippen molar-refractivity contribution in [1.29, 1.82) is 0 Å². The molecule has 1 aromatic carbocycles. The highest BCUT2D eigenvalue weighted by atomic mass is 32.2. The average molecular weight is 386 g/mol. The molecule has 3 heterocycles. The molecule has 0 radical (unpaired) electrons. The summed E-state index contributed by atoms with van der Waals surface area (Å²) in [5, 5.41) is 14.5. The van der Waals surface area contributed by atoms with E-state index in [0.717, 1.165) is 21.6 Å². The normalized spacial score (nSPS) is 11.3. The van der Waals surface area contributed by atoms with Crippen molar-refractivity contribution in [3.8, 4) is 0 Å². The Morgan fingerprint density at radius 2 is 1.88 bits per heavy atom. The van der Waals surface area contributed by atoms with Crippen LogP contribution in [0.25, 0.3) is 4.96 Å². The monoisotopic (exact) mass is 386 g/mol. The first-order valence-corrected chi connectivity index (χ1v) is 9.77. The van der Waals surface area contributed by atoms with Crippen molar-refractivity contribution >= 4 is 28.1 Å². The number of nitrogens with zero attached hydrogens (tertiary/aromatic N) is 6. The van der Waals surface area contributed by atoms with Crippen molar-refractivity contribution in [2.75, 3.05) is 0 Å². The molecule has 3 aromatic heterocycles. The fourth-order valence-corrected chi connectivity index (χ4v) is 4.35. The van der Waals surface area contributed by atoms with Crippen LogP contribution < -0.4 is 0 Å². The number of rotatable bonds is 5. The summed E-state index contributed by atoms with van der Waals surface area (Å²) in [6.45, 7) is 3.91. The van der Waals surface area contributed by atoms with Gasteiger partial charge >= 0.3 is 0 Å². The number of thioether (sulfide) groups is 1. The number of benzene rings is 1. The van der Waals surface area contributed by atoms with Gasteiger partial charge in [-0.1, -0.05) is 41.3 Å². The molecule has 132 valence electrons. The molecule has 26 heavy (non-hydrogen) atoms. The van der Waals surface area contributed by atoms with Gasteiger partial charge in [-0.25, -0.2) is 14.4 Å². The number of aromatic nitrogens is 6. The van der Waals surface area contributed by atoms with E-state index in [1.165, 1.54) is 29.2 Å². The Balaban J connectivity index is 1.53. The van der Waals surface area contributed by atoms with Gasteiger partial charge in [-0.2, -0.15) is 9.61 Å².